The van der Waals surface area contributed by atoms with E-state index in [0.717, 1.165) is 11.3 Å². The summed E-state index contributed by atoms with van der Waals surface area (Å²) in [5, 5.41) is 0. The normalized spacial score (nSPS) is 14.7. The molecular weight excluding hydrogens is 286 g/mol. The summed E-state index contributed by atoms with van der Waals surface area (Å²) in [7, 11) is 1.61. The van der Waals surface area contributed by atoms with Crippen LogP contribution in [-0.4, -0.2) is 54.1 Å². The van der Waals surface area contributed by atoms with Crippen molar-refractivity contribution in [3.05, 3.63) is 36.7 Å². The van der Waals surface area contributed by atoms with E-state index in [-0.39, 0.29) is 0 Å². The number of carbonyl (C=O) groups is 1. The molecule has 1 fully saturated rings. The quantitative estimate of drug-likeness (QED) is 0.858. The van der Waals surface area contributed by atoms with Crippen molar-refractivity contribution in [2.24, 2.45) is 0 Å². The molecule has 7 heteroatoms. The molecule has 1 aromatic carbocycles. The van der Waals surface area contributed by atoms with Crippen LogP contribution >= 0.6 is 0 Å². The molecule has 0 N–H and O–H groups in total. The Kier molecular flexibility index (Phi) is 4.24. The summed E-state index contributed by atoms with van der Waals surface area (Å²) in [5.74, 6) is 1.32. The summed E-state index contributed by atoms with van der Waals surface area (Å²) in [5.41, 5.74) is 0.834. The third kappa shape index (κ3) is 3.04. The van der Waals surface area contributed by atoms with Crippen LogP contribution in [0.15, 0.2) is 36.7 Å². The summed E-state index contributed by atoms with van der Waals surface area (Å²) in [6.07, 6.45) is 2.79. The molecule has 0 saturated carbocycles. The molecule has 1 aromatic heterocycles. The van der Waals surface area contributed by atoms with E-state index in [9.17, 15) is 4.79 Å². The Labute approximate surface area is 128 Å². The van der Waals surface area contributed by atoms with Gasteiger partial charge in [-0.15, -0.1) is 0 Å². The Bertz CT molecular complexity index is 632. The molecule has 2 aromatic rings. The van der Waals surface area contributed by atoms with Crippen molar-refractivity contribution in [2.45, 2.75) is 0 Å². The molecule has 0 atom stereocenters. The summed E-state index contributed by atoms with van der Waals surface area (Å²) in [6, 6.07) is 7.39. The highest BCUT2D eigenvalue weighted by molar-refractivity contribution is 5.68. The van der Waals surface area contributed by atoms with Gasteiger partial charge in [0.15, 0.2) is 5.82 Å². The van der Waals surface area contributed by atoms with Gasteiger partial charge in [0.25, 0.3) is 0 Å². The Morgan fingerprint density at radius 3 is 2.64 bits per heavy atom. The number of carbonyl (C=O) groups excluding carboxylic acids is 1. The lowest BCUT2D eigenvalue weighted by Gasteiger charge is -2.25. The Balaban J connectivity index is 1.75. The highest BCUT2D eigenvalue weighted by Gasteiger charge is 2.20. The number of aromatic nitrogens is 2. The van der Waals surface area contributed by atoms with Gasteiger partial charge in [0.1, 0.15) is 5.75 Å². The zero-order chi connectivity index (χ0) is 15.4. The highest BCUT2D eigenvalue weighted by Crippen LogP contribution is 2.20. The SMILES string of the molecule is COc1ccc(-c2nccn2OC(=O)N2CCOCC2)cc1. The highest BCUT2D eigenvalue weighted by atomic mass is 16.7. The Morgan fingerprint density at radius 2 is 1.95 bits per heavy atom. The lowest BCUT2D eigenvalue weighted by molar-refractivity contribution is 0.0249. The minimum Gasteiger partial charge on any atom is -0.497 e. The van der Waals surface area contributed by atoms with Crippen molar-refractivity contribution in [1.82, 2.24) is 14.6 Å². The van der Waals surface area contributed by atoms with Gasteiger partial charge in [-0.1, -0.05) is 0 Å². The number of amides is 1. The van der Waals surface area contributed by atoms with Gasteiger partial charge in [0, 0.05) is 24.8 Å². The van der Waals surface area contributed by atoms with E-state index in [1.165, 1.54) is 4.73 Å². The molecule has 22 heavy (non-hydrogen) atoms. The Morgan fingerprint density at radius 1 is 1.23 bits per heavy atom. The van der Waals surface area contributed by atoms with Gasteiger partial charge in [0.05, 0.1) is 26.5 Å². The first kappa shape index (κ1) is 14.4. The Hall–Kier alpha value is -2.54. The van der Waals surface area contributed by atoms with Crippen molar-refractivity contribution in [3.8, 4) is 17.1 Å². The van der Waals surface area contributed by atoms with Crippen molar-refractivity contribution < 1.29 is 19.1 Å². The lowest BCUT2D eigenvalue weighted by Crippen LogP contribution is -2.44. The van der Waals surface area contributed by atoms with E-state index in [1.807, 2.05) is 24.3 Å². The summed E-state index contributed by atoms with van der Waals surface area (Å²) < 4.78 is 11.7. The maximum absolute atomic E-state index is 12.1. The molecule has 0 spiro atoms. The van der Waals surface area contributed by atoms with Crippen LogP contribution in [0.5, 0.6) is 5.75 Å². The molecule has 0 aliphatic carbocycles. The molecule has 1 aliphatic heterocycles. The van der Waals surface area contributed by atoms with Crippen LogP contribution in [0.1, 0.15) is 0 Å². The van der Waals surface area contributed by atoms with Crippen molar-refractivity contribution >= 4 is 6.09 Å². The molecular formula is C15H17N3O4. The fourth-order valence-corrected chi connectivity index (χ4v) is 2.20. The van der Waals surface area contributed by atoms with E-state index in [0.29, 0.717) is 32.1 Å². The van der Waals surface area contributed by atoms with Crippen molar-refractivity contribution in [1.29, 1.82) is 0 Å². The molecule has 116 valence electrons. The van der Waals surface area contributed by atoms with E-state index in [2.05, 4.69) is 4.98 Å². The largest absolute Gasteiger partial charge is 0.497 e. The standard InChI is InChI=1S/C15H17N3O4/c1-20-13-4-2-12(3-5-13)14-16-6-7-18(14)22-15(19)17-8-10-21-11-9-17/h2-7H,8-11H2,1H3. The smallest absolute Gasteiger partial charge is 0.434 e. The second kappa shape index (κ2) is 6.48. The van der Waals surface area contributed by atoms with Gasteiger partial charge < -0.3 is 19.2 Å². The first-order valence-corrected chi connectivity index (χ1v) is 7.00. The number of benzene rings is 1. The van der Waals surface area contributed by atoms with E-state index < -0.39 is 6.09 Å². The van der Waals surface area contributed by atoms with Crippen molar-refractivity contribution in [3.63, 3.8) is 0 Å². The maximum Gasteiger partial charge on any atom is 0.434 e. The third-order valence-electron chi connectivity index (χ3n) is 3.40. The second-order valence-corrected chi connectivity index (χ2v) is 4.76. The molecule has 2 heterocycles. The summed E-state index contributed by atoms with van der Waals surface area (Å²) in [6.45, 7) is 2.13. The average molecular weight is 303 g/mol. The van der Waals surface area contributed by atoms with E-state index in [4.69, 9.17) is 14.3 Å². The van der Waals surface area contributed by atoms with E-state index >= 15 is 0 Å². The summed E-state index contributed by atoms with van der Waals surface area (Å²) >= 11 is 0. The second-order valence-electron chi connectivity index (χ2n) is 4.76. The minimum atomic E-state index is -0.406. The molecule has 1 aliphatic rings. The number of imidazole rings is 1. The van der Waals surface area contributed by atoms with Crippen LogP contribution in [-0.2, 0) is 4.74 Å². The van der Waals surface area contributed by atoms with Crippen molar-refractivity contribution in [2.75, 3.05) is 33.4 Å². The molecule has 1 saturated heterocycles. The van der Waals surface area contributed by atoms with Crippen LogP contribution in [0.25, 0.3) is 11.4 Å². The van der Waals surface area contributed by atoms with Gasteiger partial charge in [-0.3, -0.25) is 0 Å². The van der Waals surface area contributed by atoms with Crippen LogP contribution in [0.3, 0.4) is 0 Å². The minimum absolute atomic E-state index is 0.406. The van der Waals surface area contributed by atoms with Crippen LogP contribution in [0.2, 0.25) is 0 Å². The molecule has 1 amide bonds. The fourth-order valence-electron chi connectivity index (χ4n) is 2.20. The molecule has 0 radical (unpaired) electrons. The van der Waals surface area contributed by atoms with Gasteiger partial charge in [0.2, 0.25) is 0 Å². The monoisotopic (exact) mass is 303 g/mol. The molecule has 0 unspecified atom stereocenters. The van der Waals surface area contributed by atoms with Crippen LogP contribution in [0, 0.1) is 0 Å². The maximum atomic E-state index is 12.1. The molecule has 7 nitrogen and oxygen atoms in total. The molecule has 3 rings (SSSR count). The van der Waals surface area contributed by atoms with Gasteiger partial charge >= 0.3 is 6.09 Å². The topological polar surface area (TPSA) is 65.8 Å². The first-order valence-electron chi connectivity index (χ1n) is 7.00. The average Bonchev–Trinajstić information content (AvgIpc) is 3.04. The number of hydrogen-bond acceptors (Lipinski definition) is 5. The number of hydrogen-bond donors (Lipinski definition) is 0. The number of methoxy groups -OCH3 is 1. The van der Waals surface area contributed by atoms with E-state index in [1.54, 1.807) is 24.4 Å². The fraction of sp³-hybridized carbons (Fsp3) is 0.333. The number of rotatable bonds is 3. The summed E-state index contributed by atoms with van der Waals surface area (Å²) in [4.78, 5) is 23.4. The number of nitrogens with zero attached hydrogens (tertiary/aromatic N) is 3. The van der Waals surface area contributed by atoms with Crippen LogP contribution < -0.4 is 9.57 Å². The zero-order valence-corrected chi connectivity index (χ0v) is 12.3. The van der Waals surface area contributed by atoms with Crippen LogP contribution in [0.4, 0.5) is 4.79 Å². The van der Waals surface area contributed by atoms with Gasteiger partial charge in [-0.25, -0.2) is 9.78 Å². The number of ether oxygens (including phenoxy) is 2. The number of morpholine rings is 1. The van der Waals surface area contributed by atoms with Gasteiger partial charge in [-0.05, 0) is 24.3 Å². The lowest BCUT2D eigenvalue weighted by atomic mass is 10.2. The van der Waals surface area contributed by atoms with Gasteiger partial charge in [-0.2, -0.15) is 4.73 Å². The zero-order valence-electron chi connectivity index (χ0n) is 12.3. The molecule has 0 bridgehead atoms. The predicted molar refractivity (Wildman–Crippen MR) is 78.6 cm³/mol. The third-order valence-corrected chi connectivity index (χ3v) is 3.40. The predicted octanol–water partition coefficient (Wildman–Crippen LogP) is 1.44. The first-order chi connectivity index (χ1) is 10.8.